The minimum atomic E-state index is -0.768. The third kappa shape index (κ3) is 8.51. The molecule has 0 aliphatic carbocycles. The van der Waals surface area contributed by atoms with E-state index >= 15 is 0 Å². The van der Waals surface area contributed by atoms with Crippen LogP contribution in [0, 0.1) is 0 Å². The Balaban J connectivity index is 3.34. The molecule has 0 aromatic heterocycles. The first-order chi connectivity index (χ1) is 5.99. The Kier molecular flexibility index (Phi) is 6.69. The normalized spacial score (nSPS) is 12.5. The molecule has 0 saturated carbocycles. The first-order valence-corrected chi connectivity index (χ1v) is 9.42. The molecule has 13 heavy (non-hydrogen) atoms. The number of nitrogens with zero attached hydrogens (tertiary/aromatic N) is 1. The van der Waals surface area contributed by atoms with E-state index in [1.807, 2.05) is 0 Å². The van der Waals surface area contributed by atoms with Crippen LogP contribution >= 0.6 is 0 Å². The minimum absolute atomic E-state index is 0.768. The number of rotatable bonds is 7. The molecule has 0 unspecified atom stereocenters. The molecule has 0 saturated heterocycles. The maximum absolute atomic E-state index is 2.52. The quantitative estimate of drug-likeness (QED) is 0.450. The summed E-state index contributed by atoms with van der Waals surface area (Å²) in [6, 6.07) is 1.49. The molecule has 0 bridgehead atoms. The molecule has 0 heterocycles. The first kappa shape index (κ1) is 13.2. The molecule has 2 heteroatoms. The van der Waals surface area contributed by atoms with Gasteiger partial charge in [-0.3, -0.25) is 0 Å². The Morgan fingerprint density at radius 3 is 1.85 bits per heavy atom. The van der Waals surface area contributed by atoms with E-state index in [2.05, 4.69) is 38.4 Å². The molecule has 0 aliphatic heterocycles. The van der Waals surface area contributed by atoms with Crippen LogP contribution < -0.4 is 0 Å². The summed E-state index contributed by atoms with van der Waals surface area (Å²) < 4.78 is 0. The Morgan fingerprint density at radius 2 is 1.46 bits per heavy atom. The average Bonchev–Trinajstić information content (AvgIpc) is 2.03. The van der Waals surface area contributed by atoms with E-state index in [-0.39, 0.29) is 0 Å². The Morgan fingerprint density at radius 1 is 0.923 bits per heavy atom. The molecule has 0 N–H and O–H groups in total. The van der Waals surface area contributed by atoms with Gasteiger partial charge in [0.1, 0.15) is 0 Å². The summed E-state index contributed by atoms with van der Waals surface area (Å²) in [5.74, 6) is 0. The van der Waals surface area contributed by atoms with Crippen molar-refractivity contribution in [3.63, 3.8) is 0 Å². The highest BCUT2D eigenvalue weighted by Gasteiger charge is 2.11. The summed E-state index contributed by atoms with van der Waals surface area (Å²) in [5, 5.41) is 0. The van der Waals surface area contributed by atoms with Crippen molar-refractivity contribution in [1.29, 1.82) is 0 Å². The fourth-order valence-corrected chi connectivity index (χ4v) is 2.84. The van der Waals surface area contributed by atoms with Gasteiger partial charge in [0.05, 0.1) is 0 Å². The molecule has 0 aromatic carbocycles. The van der Waals surface area contributed by atoms with Gasteiger partial charge in [-0.15, -0.1) is 0 Å². The summed E-state index contributed by atoms with van der Waals surface area (Å²) in [6.45, 7) is 15.6. The lowest BCUT2D eigenvalue weighted by molar-refractivity contribution is 0.298. The van der Waals surface area contributed by atoms with Crippen molar-refractivity contribution in [3.8, 4) is 0 Å². The lowest BCUT2D eigenvalue weighted by atomic mass is 10.3. The maximum Gasteiger partial charge on any atom is 0.0442 e. The molecule has 0 amide bonds. The minimum Gasteiger partial charge on any atom is -0.304 e. The summed E-state index contributed by atoms with van der Waals surface area (Å²) >= 11 is 0. The van der Waals surface area contributed by atoms with Gasteiger partial charge in [-0.25, -0.2) is 0 Å². The van der Waals surface area contributed by atoms with Crippen molar-refractivity contribution in [1.82, 2.24) is 4.90 Å². The van der Waals surface area contributed by atoms with Crippen LogP contribution in [0.5, 0.6) is 0 Å². The summed E-state index contributed by atoms with van der Waals surface area (Å²) in [7, 11) is -0.768. The topological polar surface area (TPSA) is 3.24 Å². The van der Waals surface area contributed by atoms with Crippen molar-refractivity contribution in [2.75, 3.05) is 19.6 Å². The van der Waals surface area contributed by atoms with Gasteiger partial charge in [0.25, 0.3) is 0 Å². The van der Waals surface area contributed by atoms with Crippen LogP contribution in [-0.4, -0.2) is 32.6 Å². The standard InChI is InChI=1S/C11H27NSi/c1-6-12(7-2)10-8-9-11-13(3,4)5/h6-11H2,1-5H3. The fraction of sp³-hybridized carbons (Fsp3) is 1.00. The predicted octanol–water partition coefficient (Wildman–Crippen LogP) is 3.45. The molecule has 0 spiro atoms. The SMILES string of the molecule is CCN(CC)CCCC[Si](C)(C)C. The third-order valence-electron chi connectivity index (χ3n) is 2.55. The van der Waals surface area contributed by atoms with E-state index in [0.717, 1.165) is 0 Å². The monoisotopic (exact) mass is 201 g/mol. The van der Waals surface area contributed by atoms with E-state index in [1.165, 1.54) is 38.5 Å². The van der Waals surface area contributed by atoms with Crippen molar-refractivity contribution < 1.29 is 0 Å². The van der Waals surface area contributed by atoms with Crippen LogP contribution in [0.2, 0.25) is 25.7 Å². The molecule has 0 rings (SSSR count). The molecule has 1 nitrogen and oxygen atoms in total. The van der Waals surface area contributed by atoms with E-state index in [1.54, 1.807) is 0 Å². The van der Waals surface area contributed by atoms with Crippen molar-refractivity contribution in [2.24, 2.45) is 0 Å². The summed E-state index contributed by atoms with van der Waals surface area (Å²) in [4.78, 5) is 2.52. The van der Waals surface area contributed by atoms with E-state index in [0.29, 0.717) is 0 Å². The van der Waals surface area contributed by atoms with Crippen LogP contribution in [0.1, 0.15) is 26.7 Å². The predicted molar refractivity (Wildman–Crippen MR) is 65.2 cm³/mol. The second-order valence-corrected chi connectivity index (χ2v) is 10.7. The van der Waals surface area contributed by atoms with Crippen LogP contribution in [0.4, 0.5) is 0 Å². The van der Waals surface area contributed by atoms with E-state index < -0.39 is 8.07 Å². The smallest absolute Gasteiger partial charge is 0.0442 e. The molecule has 0 atom stereocenters. The Bertz CT molecular complexity index is 114. The highest BCUT2D eigenvalue weighted by Crippen LogP contribution is 2.12. The fourth-order valence-electron chi connectivity index (χ4n) is 1.53. The van der Waals surface area contributed by atoms with Crippen LogP contribution in [-0.2, 0) is 0 Å². The van der Waals surface area contributed by atoms with Gasteiger partial charge >= 0.3 is 0 Å². The van der Waals surface area contributed by atoms with E-state index in [4.69, 9.17) is 0 Å². The van der Waals surface area contributed by atoms with E-state index in [9.17, 15) is 0 Å². The van der Waals surface area contributed by atoms with Gasteiger partial charge in [0.15, 0.2) is 0 Å². The molecular weight excluding hydrogens is 174 g/mol. The van der Waals surface area contributed by atoms with Crippen molar-refractivity contribution in [3.05, 3.63) is 0 Å². The second-order valence-electron chi connectivity index (χ2n) is 5.04. The summed E-state index contributed by atoms with van der Waals surface area (Å²) in [5.41, 5.74) is 0. The molecule has 80 valence electrons. The lowest BCUT2D eigenvalue weighted by Gasteiger charge is -2.19. The zero-order chi connectivity index (χ0) is 10.3. The number of hydrogen-bond donors (Lipinski definition) is 0. The maximum atomic E-state index is 2.52. The molecule has 0 aromatic rings. The second kappa shape index (κ2) is 6.60. The zero-order valence-electron chi connectivity index (χ0n) is 10.2. The highest BCUT2D eigenvalue weighted by atomic mass is 28.3. The van der Waals surface area contributed by atoms with Gasteiger partial charge in [-0.2, -0.15) is 0 Å². The third-order valence-corrected chi connectivity index (χ3v) is 4.40. The molecule has 0 fully saturated rings. The molecule has 0 aliphatic rings. The van der Waals surface area contributed by atoms with Crippen molar-refractivity contribution >= 4 is 8.07 Å². The van der Waals surface area contributed by atoms with Gasteiger partial charge in [0.2, 0.25) is 0 Å². The summed E-state index contributed by atoms with van der Waals surface area (Å²) in [6.07, 6.45) is 2.83. The van der Waals surface area contributed by atoms with Gasteiger partial charge < -0.3 is 4.90 Å². The van der Waals surface area contributed by atoms with Crippen LogP contribution in [0.15, 0.2) is 0 Å². The lowest BCUT2D eigenvalue weighted by Crippen LogP contribution is -2.25. The number of hydrogen-bond acceptors (Lipinski definition) is 1. The number of unbranched alkanes of at least 4 members (excludes halogenated alkanes) is 1. The largest absolute Gasteiger partial charge is 0.304 e. The van der Waals surface area contributed by atoms with Gasteiger partial charge in [-0.1, -0.05) is 46.0 Å². The van der Waals surface area contributed by atoms with Gasteiger partial charge in [0, 0.05) is 8.07 Å². The first-order valence-electron chi connectivity index (χ1n) is 5.72. The van der Waals surface area contributed by atoms with Crippen LogP contribution in [0.25, 0.3) is 0 Å². The average molecular weight is 201 g/mol. The van der Waals surface area contributed by atoms with Crippen LogP contribution in [0.3, 0.4) is 0 Å². The Hall–Kier alpha value is 0.177. The molecule has 0 radical (unpaired) electrons. The highest BCUT2D eigenvalue weighted by molar-refractivity contribution is 6.76. The van der Waals surface area contributed by atoms with Gasteiger partial charge in [-0.05, 0) is 26.1 Å². The Labute approximate surface area is 85.5 Å². The van der Waals surface area contributed by atoms with Crippen molar-refractivity contribution in [2.45, 2.75) is 52.4 Å². The molecular formula is C11H27NSi. The zero-order valence-corrected chi connectivity index (χ0v) is 11.2.